The monoisotopic (exact) mass is 331 g/mol. The second-order valence-electron chi connectivity index (χ2n) is 4.74. The van der Waals surface area contributed by atoms with E-state index in [0.29, 0.717) is 11.4 Å². The van der Waals surface area contributed by atoms with Gasteiger partial charge in [-0.25, -0.2) is 0 Å². The zero-order valence-electron chi connectivity index (χ0n) is 12.4. The predicted octanol–water partition coefficient (Wildman–Crippen LogP) is 1.61. The smallest absolute Gasteiger partial charge is 0.279 e. The average Bonchev–Trinajstić information content (AvgIpc) is 3.11. The molecule has 0 atom stereocenters. The van der Waals surface area contributed by atoms with Crippen LogP contribution in [0.4, 0.5) is 0 Å². The van der Waals surface area contributed by atoms with Crippen LogP contribution in [-0.4, -0.2) is 17.7 Å². The molecular formula is C16H17N3O3S. The Kier molecular flexibility index (Phi) is 6.31. The first-order valence-corrected chi connectivity index (χ1v) is 7.96. The molecule has 0 saturated heterocycles. The van der Waals surface area contributed by atoms with Gasteiger partial charge in [-0.2, -0.15) is 0 Å². The van der Waals surface area contributed by atoms with Gasteiger partial charge < -0.3 is 5.32 Å². The number of hydrogen-bond donors (Lipinski definition) is 3. The third-order valence-electron chi connectivity index (χ3n) is 2.97. The molecule has 23 heavy (non-hydrogen) atoms. The fourth-order valence-corrected chi connectivity index (χ4v) is 2.39. The number of nitrogens with one attached hydrogen (secondary N) is 3. The van der Waals surface area contributed by atoms with Crippen LogP contribution in [0.5, 0.6) is 0 Å². The van der Waals surface area contributed by atoms with Crippen molar-refractivity contribution < 1.29 is 14.4 Å². The van der Waals surface area contributed by atoms with Crippen molar-refractivity contribution in [3.8, 4) is 0 Å². The number of carbonyl (C=O) groups excluding carboxylic acids is 3. The van der Waals surface area contributed by atoms with Crippen molar-refractivity contribution in [1.82, 2.24) is 16.2 Å². The van der Waals surface area contributed by atoms with Gasteiger partial charge in [-0.05, 0) is 17.0 Å². The summed E-state index contributed by atoms with van der Waals surface area (Å²) < 4.78 is 0. The Morgan fingerprint density at radius 3 is 2.30 bits per heavy atom. The predicted molar refractivity (Wildman–Crippen MR) is 87.5 cm³/mol. The first-order chi connectivity index (χ1) is 11.1. The van der Waals surface area contributed by atoms with Crippen molar-refractivity contribution in [3.05, 3.63) is 58.3 Å². The largest absolute Gasteiger partial charge is 0.352 e. The summed E-state index contributed by atoms with van der Waals surface area (Å²) in [5.41, 5.74) is 5.59. The summed E-state index contributed by atoms with van der Waals surface area (Å²) in [4.78, 5) is 35.4. The maximum Gasteiger partial charge on any atom is 0.279 e. The molecule has 0 aliphatic carbocycles. The normalized spacial score (nSPS) is 9.91. The molecule has 1 aromatic carbocycles. The number of hydrazine groups is 1. The molecule has 0 aliphatic heterocycles. The van der Waals surface area contributed by atoms with Crippen molar-refractivity contribution in [3.63, 3.8) is 0 Å². The number of amides is 3. The van der Waals surface area contributed by atoms with E-state index >= 15 is 0 Å². The van der Waals surface area contributed by atoms with Crippen molar-refractivity contribution in [2.45, 2.75) is 19.4 Å². The van der Waals surface area contributed by atoms with Crippen molar-refractivity contribution >= 4 is 29.1 Å². The fraction of sp³-hybridized carbons (Fsp3) is 0.188. The molecule has 0 radical (unpaired) electrons. The Morgan fingerprint density at radius 1 is 0.870 bits per heavy atom. The van der Waals surface area contributed by atoms with Gasteiger partial charge >= 0.3 is 0 Å². The molecular weight excluding hydrogens is 314 g/mol. The zero-order valence-corrected chi connectivity index (χ0v) is 13.2. The number of rotatable bonds is 6. The van der Waals surface area contributed by atoms with Crippen LogP contribution in [0, 0.1) is 0 Å². The average molecular weight is 331 g/mol. The Balaban J connectivity index is 1.62. The first-order valence-electron chi connectivity index (χ1n) is 7.08. The number of hydrogen-bond acceptors (Lipinski definition) is 4. The van der Waals surface area contributed by atoms with E-state index in [0.717, 1.165) is 5.56 Å². The van der Waals surface area contributed by atoms with E-state index in [9.17, 15) is 14.4 Å². The minimum absolute atomic E-state index is 0.00530. The maximum absolute atomic E-state index is 11.7. The Morgan fingerprint density at radius 2 is 1.61 bits per heavy atom. The van der Waals surface area contributed by atoms with Crippen LogP contribution in [0.3, 0.4) is 0 Å². The maximum atomic E-state index is 11.7. The molecule has 2 rings (SSSR count). The van der Waals surface area contributed by atoms with Gasteiger partial charge in [0.25, 0.3) is 5.91 Å². The molecule has 120 valence electrons. The van der Waals surface area contributed by atoms with E-state index < -0.39 is 5.91 Å². The molecule has 2 aromatic rings. The van der Waals surface area contributed by atoms with Gasteiger partial charge in [0.15, 0.2) is 0 Å². The lowest BCUT2D eigenvalue weighted by molar-refractivity contribution is -0.126. The summed E-state index contributed by atoms with van der Waals surface area (Å²) in [7, 11) is 0. The SMILES string of the molecule is O=C(CCC(=O)NNC(=O)c1cccs1)NCc1ccccc1. The van der Waals surface area contributed by atoms with Gasteiger partial charge in [0, 0.05) is 19.4 Å². The highest BCUT2D eigenvalue weighted by molar-refractivity contribution is 7.12. The minimum Gasteiger partial charge on any atom is -0.352 e. The molecule has 6 nitrogen and oxygen atoms in total. The molecule has 3 N–H and O–H groups in total. The standard InChI is InChI=1S/C16H17N3O3S/c20-14(17-11-12-5-2-1-3-6-12)8-9-15(21)18-19-16(22)13-7-4-10-23-13/h1-7,10H,8-9,11H2,(H,17,20)(H,18,21)(H,19,22). The zero-order chi connectivity index (χ0) is 16.5. The highest BCUT2D eigenvalue weighted by Crippen LogP contribution is 2.07. The lowest BCUT2D eigenvalue weighted by atomic mass is 10.2. The highest BCUT2D eigenvalue weighted by Gasteiger charge is 2.09. The van der Waals surface area contributed by atoms with E-state index in [1.165, 1.54) is 11.3 Å². The van der Waals surface area contributed by atoms with Crippen LogP contribution >= 0.6 is 11.3 Å². The Bertz CT molecular complexity index is 656. The second-order valence-corrected chi connectivity index (χ2v) is 5.69. The molecule has 1 aromatic heterocycles. The van der Waals surface area contributed by atoms with Crippen LogP contribution in [0.15, 0.2) is 47.8 Å². The summed E-state index contributed by atoms with van der Waals surface area (Å²) in [5.74, 6) is -1.000. The molecule has 7 heteroatoms. The van der Waals surface area contributed by atoms with Crippen molar-refractivity contribution in [2.24, 2.45) is 0 Å². The van der Waals surface area contributed by atoms with Gasteiger partial charge in [-0.1, -0.05) is 36.4 Å². The Labute approximate surface area is 137 Å². The summed E-state index contributed by atoms with van der Waals surface area (Å²) >= 11 is 1.28. The Hall–Kier alpha value is -2.67. The van der Waals surface area contributed by atoms with Crippen LogP contribution < -0.4 is 16.2 Å². The molecule has 0 bridgehead atoms. The number of thiophene rings is 1. The lowest BCUT2D eigenvalue weighted by Gasteiger charge is -2.07. The summed E-state index contributed by atoms with van der Waals surface area (Å²) in [6, 6.07) is 12.9. The first kappa shape index (κ1) is 16.7. The van der Waals surface area contributed by atoms with Crippen molar-refractivity contribution in [2.75, 3.05) is 0 Å². The van der Waals surface area contributed by atoms with E-state index in [1.807, 2.05) is 30.3 Å². The van der Waals surface area contributed by atoms with Gasteiger partial charge in [0.1, 0.15) is 0 Å². The molecule has 0 saturated carbocycles. The highest BCUT2D eigenvalue weighted by atomic mass is 32.1. The van der Waals surface area contributed by atoms with Crippen LogP contribution in [0.2, 0.25) is 0 Å². The molecule has 0 spiro atoms. The summed E-state index contributed by atoms with van der Waals surface area (Å²) in [6.07, 6.45) is 0.0683. The quantitative estimate of drug-likeness (QED) is 0.703. The van der Waals surface area contributed by atoms with Crippen LogP contribution in [-0.2, 0) is 16.1 Å². The van der Waals surface area contributed by atoms with E-state index in [-0.39, 0.29) is 24.7 Å². The van der Waals surface area contributed by atoms with Crippen molar-refractivity contribution in [1.29, 1.82) is 0 Å². The van der Waals surface area contributed by atoms with E-state index in [4.69, 9.17) is 0 Å². The van der Waals surface area contributed by atoms with Gasteiger partial charge in [0.05, 0.1) is 4.88 Å². The summed E-state index contributed by atoms with van der Waals surface area (Å²) in [5, 5.41) is 4.51. The van der Waals surface area contributed by atoms with Crippen LogP contribution in [0.1, 0.15) is 28.1 Å². The molecule has 0 unspecified atom stereocenters. The second kappa shape index (κ2) is 8.70. The minimum atomic E-state index is -0.412. The van der Waals surface area contributed by atoms with Gasteiger partial charge in [-0.3, -0.25) is 25.2 Å². The van der Waals surface area contributed by atoms with E-state index in [1.54, 1.807) is 17.5 Å². The third-order valence-corrected chi connectivity index (χ3v) is 3.84. The molecule has 1 heterocycles. The van der Waals surface area contributed by atoms with Gasteiger partial charge in [-0.15, -0.1) is 11.3 Å². The summed E-state index contributed by atoms with van der Waals surface area (Å²) in [6.45, 7) is 0.427. The fourth-order valence-electron chi connectivity index (χ4n) is 1.77. The van der Waals surface area contributed by atoms with Gasteiger partial charge in [0.2, 0.25) is 11.8 Å². The molecule has 0 aliphatic rings. The number of carbonyl (C=O) groups is 3. The van der Waals surface area contributed by atoms with E-state index in [2.05, 4.69) is 16.2 Å². The molecule has 3 amide bonds. The number of benzene rings is 1. The third kappa shape index (κ3) is 5.91. The topological polar surface area (TPSA) is 87.3 Å². The lowest BCUT2D eigenvalue weighted by Crippen LogP contribution is -2.41. The van der Waals surface area contributed by atoms with Crippen LogP contribution in [0.25, 0.3) is 0 Å². The molecule has 0 fully saturated rings.